The molecule has 8 heteroatoms. The Balaban J connectivity index is 1.76. The van der Waals surface area contributed by atoms with Gasteiger partial charge in [0.2, 0.25) is 11.8 Å². The van der Waals surface area contributed by atoms with Gasteiger partial charge in [0.05, 0.1) is 19.6 Å². The van der Waals surface area contributed by atoms with Crippen molar-refractivity contribution in [2.45, 2.75) is 13.5 Å². The van der Waals surface area contributed by atoms with Crippen LogP contribution in [0.1, 0.15) is 11.4 Å². The van der Waals surface area contributed by atoms with Crippen LogP contribution < -0.4 is 10.6 Å². The maximum atomic E-state index is 12.0. The van der Waals surface area contributed by atoms with Gasteiger partial charge in [-0.25, -0.2) is 4.98 Å². The van der Waals surface area contributed by atoms with E-state index in [2.05, 4.69) is 15.6 Å². The highest BCUT2D eigenvalue weighted by Crippen LogP contribution is 2.22. The lowest BCUT2D eigenvalue weighted by molar-refractivity contribution is -0.124. The number of nitrogens with zero attached hydrogens (tertiary/aromatic N) is 3. The van der Waals surface area contributed by atoms with E-state index in [9.17, 15) is 9.59 Å². The highest BCUT2D eigenvalue weighted by atomic mass is 35.5. The third kappa shape index (κ3) is 5.58. The Labute approximate surface area is 152 Å². The van der Waals surface area contributed by atoms with Gasteiger partial charge in [-0.15, -0.1) is 0 Å². The third-order valence-corrected chi connectivity index (χ3v) is 4.14. The van der Waals surface area contributed by atoms with Crippen molar-refractivity contribution in [2.24, 2.45) is 7.05 Å². The van der Waals surface area contributed by atoms with E-state index < -0.39 is 0 Å². The first-order chi connectivity index (χ1) is 11.9. The zero-order valence-electron chi connectivity index (χ0n) is 14.5. The van der Waals surface area contributed by atoms with Gasteiger partial charge in [0.15, 0.2) is 0 Å². The number of carbonyl (C=O) groups excluding carboxylic acids is 2. The minimum Gasteiger partial charge on any atom is -0.346 e. The maximum absolute atomic E-state index is 12.0. The Bertz CT molecular complexity index is 759. The largest absolute Gasteiger partial charge is 0.346 e. The Morgan fingerprint density at radius 3 is 2.76 bits per heavy atom. The quantitative estimate of drug-likeness (QED) is 0.782. The van der Waals surface area contributed by atoms with E-state index in [1.807, 2.05) is 36.7 Å². The zero-order valence-corrected chi connectivity index (χ0v) is 15.3. The number of benzene rings is 1. The van der Waals surface area contributed by atoms with Gasteiger partial charge < -0.3 is 15.2 Å². The molecule has 0 fully saturated rings. The molecule has 0 spiro atoms. The number of hydrogen-bond donors (Lipinski definition) is 2. The average molecular weight is 364 g/mol. The molecule has 0 aliphatic carbocycles. The molecule has 7 nitrogen and oxygen atoms in total. The molecule has 0 atom stereocenters. The van der Waals surface area contributed by atoms with E-state index in [1.54, 1.807) is 24.4 Å². The summed E-state index contributed by atoms with van der Waals surface area (Å²) in [6.07, 6.45) is 3.57. The van der Waals surface area contributed by atoms with Gasteiger partial charge >= 0.3 is 0 Å². The van der Waals surface area contributed by atoms with Gasteiger partial charge in [0, 0.05) is 30.2 Å². The molecule has 0 aliphatic rings. The number of rotatable bonds is 7. The van der Waals surface area contributed by atoms with E-state index in [-0.39, 0.29) is 24.9 Å². The van der Waals surface area contributed by atoms with Crippen LogP contribution in [0.15, 0.2) is 30.6 Å². The summed E-state index contributed by atoms with van der Waals surface area (Å²) in [6.45, 7) is 2.45. The summed E-state index contributed by atoms with van der Waals surface area (Å²) in [6, 6.07) is 5.28. The molecule has 0 saturated heterocycles. The number of halogens is 1. The van der Waals surface area contributed by atoms with E-state index in [1.165, 1.54) is 0 Å². The van der Waals surface area contributed by atoms with E-state index in [4.69, 9.17) is 11.6 Å². The topological polar surface area (TPSA) is 79.3 Å². The normalized spacial score (nSPS) is 10.8. The highest BCUT2D eigenvalue weighted by Gasteiger charge is 2.11. The molecule has 2 N–H and O–H groups in total. The highest BCUT2D eigenvalue weighted by molar-refractivity contribution is 6.31. The van der Waals surface area contributed by atoms with Crippen LogP contribution in [0.3, 0.4) is 0 Å². The van der Waals surface area contributed by atoms with Crippen LogP contribution in [0.5, 0.6) is 0 Å². The van der Waals surface area contributed by atoms with Crippen molar-refractivity contribution in [3.05, 3.63) is 47.0 Å². The van der Waals surface area contributed by atoms with Gasteiger partial charge in [-0.1, -0.05) is 17.7 Å². The molecular weight excluding hydrogens is 342 g/mol. The SMILES string of the molecule is Cc1c(Cl)cccc1NC(=O)CNC(=O)CN(C)Cc1nccn1C. The predicted octanol–water partition coefficient (Wildman–Crippen LogP) is 1.57. The second-order valence-corrected chi connectivity index (χ2v) is 6.27. The van der Waals surface area contributed by atoms with Crippen LogP contribution in [0.4, 0.5) is 5.69 Å². The van der Waals surface area contributed by atoms with Crippen molar-refractivity contribution < 1.29 is 9.59 Å². The molecule has 0 aliphatic heterocycles. The molecule has 1 aromatic heterocycles. The van der Waals surface area contributed by atoms with Crippen LogP contribution in [0, 0.1) is 6.92 Å². The summed E-state index contributed by atoms with van der Waals surface area (Å²) in [5.74, 6) is 0.338. The zero-order chi connectivity index (χ0) is 18.4. The minimum atomic E-state index is -0.300. The third-order valence-electron chi connectivity index (χ3n) is 3.73. The second kappa shape index (κ2) is 8.64. The molecule has 2 aromatic rings. The molecule has 0 unspecified atom stereocenters. The first kappa shape index (κ1) is 19.0. The Kier molecular flexibility index (Phi) is 6.55. The van der Waals surface area contributed by atoms with Gasteiger partial charge in [-0.2, -0.15) is 0 Å². The number of amides is 2. The molecule has 134 valence electrons. The van der Waals surface area contributed by atoms with Crippen LogP contribution in [-0.2, 0) is 23.2 Å². The summed E-state index contributed by atoms with van der Waals surface area (Å²) < 4.78 is 1.90. The molecule has 0 radical (unpaired) electrons. The number of aromatic nitrogens is 2. The molecule has 2 amide bonds. The number of nitrogens with one attached hydrogen (secondary N) is 2. The lowest BCUT2D eigenvalue weighted by atomic mass is 10.2. The molecule has 25 heavy (non-hydrogen) atoms. The van der Waals surface area contributed by atoms with Gasteiger partial charge in [0.25, 0.3) is 0 Å². The van der Waals surface area contributed by atoms with Crippen LogP contribution in [-0.4, -0.2) is 46.4 Å². The molecule has 2 rings (SSSR count). The monoisotopic (exact) mass is 363 g/mol. The number of carbonyl (C=O) groups is 2. The van der Waals surface area contributed by atoms with E-state index in [0.29, 0.717) is 17.3 Å². The van der Waals surface area contributed by atoms with Gasteiger partial charge in [-0.3, -0.25) is 14.5 Å². The number of imidazole rings is 1. The molecule has 0 saturated carbocycles. The summed E-state index contributed by atoms with van der Waals surface area (Å²) in [4.78, 5) is 30.0. The average Bonchev–Trinajstić information content (AvgIpc) is 2.95. The summed E-state index contributed by atoms with van der Waals surface area (Å²) in [5.41, 5.74) is 1.43. The van der Waals surface area contributed by atoms with Crippen molar-refractivity contribution in [2.75, 3.05) is 25.5 Å². The predicted molar refractivity (Wildman–Crippen MR) is 97.4 cm³/mol. The van der Waals surface area contributed by atoms with Crippen LogP contribution in [0.25, 0.3) is 0 Å². The van der Waals surface area contributed by atoms with Gasteiger partial charge in [-0.05, 0) is 31.7 Å². The maximum Gasteiger partial charge on any atom is 0.243 e. The Morgan fingerprint density at radius 1 is 1.32 bits per heavy atom. The Morgan fingerprint density at radius 2 is 2.08 bits per heavy atom. The lowest BCUT2D eigenvalue weighted by Gasteiger charge is -2.16. The minimum absolute atomic E-state index is 0.0962. The molecule has 1 aromatic carbocycles. The van der Waals surface area contributed by atoms with Crippen molar-refractivity contribution in [3.8, 4) is 0 Å². The smallest absolute Gasteiger partial charge is 0.243 e. The van der Waals surface area contributed by atoms with Crippen molar-refractivity contribution in [1.29, 1.82) is 0 Å². The van der Waals surface area contributed by atoms with Crippen molar-refractivity contribution >= 4 is 29.1 Å². The fraction of sp³-hybridized carbons (Fsp3) is 0.353. The van der Waals surface area contributed by atoms with Crippen molar-refractivity contribution in [3.63, 3.8) is 0 Å². The fourth-order valence-electron chi connectivity index (χ4n) is 2.26. The van der Waals surface area contributed by atoms with E-state index >= 15 is 0 Å². The number of aryl methyl sites for hydroxylation is 1. The van der Waals surface area contributed by atoms with E-state index in [0.717, 1.165) is 11.4 Å². The van der Waals surface area contributed by atoms with Crippen LogP contribution >= 0.6 is 11.6 Å². The molecule has 1 heterocycles. The summed E-state index contributed by atoms with van der Waals surface area (Å²) in [5, 5.41) is 5.93. The fourth-order valence-corrected chi connectivity index (χ4v) is 2.44. The van der Waals surface area contributed by atoms with Crippen LogP contribution in [0.2, 0.25) is 5.02 Å². The molecule has 0 bridgehead atoms. The summed E-state index contributed by atoms with van der Waals surface area (Å²) >= 11 is 6.02. The molecular formula is C17H22ClN5O2. The first-order valence-electron chi connectivity index (χ1n) is 7.83. The Hall–Kier alpha value is -2.38. The number of hydrogen-bond acceptors (Lipinski definition) is 4. The lowest BCUT2D eigenvalue weighted by Crippen LogP contribution is -2.39. The first-order valence-corrected chi connectivity index (χ1v) is 8.21. The standard InChI is InChI=1S/C17H22ClN5O2/c1-12-13(18)5-4-6-14(12)21-16(24)9-20-17(25)11-22(2)10-15-19-7-8-23(15)3/h4-8H,9-11H2,1-3H3,(H,20,25)(H,21,24). The summed E-state index contributed by atoms with van der Waals surface area (Å²) in [7, 11) is 3.72. The van der Waals surface area contributed by atoms with Crippen molar-refractivity contribution in [1.82, 2.24) is 19.8 Å². The number of anilines is 1. The number of likely N-dealkylation sites (N-methyl/N-ethyl adjacent to an activating group) is 1. The van der Waals surface area contributed by atoms with Gasteiger partial charge in [0.1, 0.15) is 5.82 Å². The second-order valence-electron chi connectivity index (χ2n) is 5.86.